The van der Waals surface area contributed by atoms with Crippen LogP contribution in [-0.2, 0) is 14.6 Å². The lowest BCUT2D eigenvalue weighted by Crippen LogP contribution is -2.33. The van der Waals surface area contributed by atoms with Crippen molar-refractivity contribution in [2.45, 2.75) is 37.0 Å². The molecule has 7 heteroatoms. The van der Waals surface area contributed by atoms with Crippen molar-refractivity contribution in [3.63, 3.8) is 0 Å². The standard InChI is InChI=1S/C17H23NO5S/c19-17(18-8-3-1-2-4-9-18)7-12-24(20,21)14-5-6-15-16(13-14)23-11-10-22-15/h5-6,13H,1-4,7-12H2. The maximum atomic E-state index is 12.5. The lowest BCUT2D eigenvalue weighted by molar-refractivity contribution is -0.130. The van der Waals surface area contributed by atoms with Gasteiger partial charge in [0, 0.05) is 25.6 Å². The number of ether oxygens (including phenoxy) is 2. The van der Waals surface area contributed by atoms with Crippen molar-refractivity contribution in [2.75, 3.05) is 32.1 Å². The molecule has 0 N–H and O–H groups in total. The van der Waals surface area contributed by atoms with Crippen molar-refractivity contribution in [1.82, 2.24) is 4.90 Å². The van der Waals surface area contributed by atoms with Crippen molar-refractivity contribution in [3.05, 3.63) is 18.2 Å². The van der Waals surface area contributed by atoms with E-state index in [4.69, 9.17) is 9.47 Å². The Morgan fingerprint density at radius 1 is 1.00 bits per heavy atom. The molecule has 0 atom stereocenters. The summed E-state index contributed by atoms with van der Waals surface area (Å²) in [6.07, 6.45) is 4.30. The fourth-order valence-corrected chi connectivity index (χ4v) is 4.28. The zero-order valence-corrected chi connectivity index (χ0v) is 14.5. The molecule has 1 aromatic carbocycles. The van der Waals surface area contributed by atoms with Crippen LogP contribution >= 0.6 is 0 Å². The summed E-state index contributed by atoms with van der Waals surface area (Å²) in [5, 5.41) is 0. The molecule has 3 rings (SSSR count). The highest BCUT2D eigenvalue weighted by atomic mass is 32.2. The second-order valence-corrected chi connectivity index (χ2v) is 8.28. The number of benzene rings is 1. The third-order valence-corrected chi connectivity index (χ3v) is 6.13. The lowest BCUT2D eigenvalue weighted by Gasteiger charge is -2.20. The SMILES string of the molecule is O=C(CCS(=O)(=O)c1ccc2c(c1)OCCO2)N1CCCCCC1. The van der Waals surface area contributed by atoms with Crippen molar-refractivity contribution in [1.29, 1.82) is 0 Å². The van der Waals surface area contributed by atoms with E-state index in [0.29, 0.717) is 24.7 Å². The summed E-state index contributed by atoms with van der Waals surface area (Å²) in [4.78, 5) is 14.3. The van der Waals surface area contributed by atoms with Crippen LogP contribution in [0.2, 0.25) is 0 Å². The number of hydrogen-bond acceptors (Lipinski definition) is 5. The van der Waals surface area contributed by atoms with Gasteiger partial charge in [-0.15, -0.1) is 0 Å². The third-order valence-electron chi connectivity index (χ3n) is 4.42. The molecule has 2 aliphatic rings. The number of fused-ring (bicyclic) bond motifs is 1. The minimum atomic E-state index is -3.52. The minimum absolute atomic E-state index is 0.0246. The van der Waals surface area contributed by atoms with Crippen LogP contribution in [0, 0.1) is 0 Å². The van der Waals surface area contributed by atoms with Gasteiger partial charge in [0.05, 0.1) is 10.6 Å². The van der Waals surface area contributed by atoms with Crippen molar-refractivity contribution >= 4 is 15.7 Å². The molecular formula is C17H23NO5S. The van der Waals surface area contributed by atoms with Gasteiger partial charge in [0.2, 0.25) is 5.91 Å². The predicted molar refractivity (Wildman–Crippen MR) is 89.1 cm³/mol. The van der Waals surface area contributed by atoms with Crippen LogP contribution in [0.15, 0.2) is 23.1 Å². The van der Waals surface area contributed by atoms with Crippen molar-refractivity contribution < 1.29 is 22.7 Å². The zero-order chi connectivity index (χ0) is 17.0. The molecule has 0 bridgehead atoms. The van der Waals surface area contributed by atoms with Gasteiger partial charge in [-0.25, -0.2) is 8.42 Å². The number of amides is 1. The molecule has 2 aliphatic heterocycles. The summed E-state index contributed by atoms with van der Waals surface area (Å²) < 4.78 is 35.8. The van der Waals surface area contributed by atoms with Gasteiger partial charge in [-0.05, 0) is 25.0 Å². The average Bonchev–Trinajstić information content (AvgIpc) is 2.89. The Kier molecular flexibility index (Phi) is 5.28. The fraction of sp³-hybridized carbons (Fsp3) is 0.588. The molecule has 0 spiro atoms. The van der Waals surface area contributed by atoms with Crippen LogP contribution in [-0.4, -0.2) is 51.3 Å². The Bertz CT molecular complexity index is 693. The first-order chi connectivity index (χ1) is 11.6. The second-order valence-electron chi connectivity index (χ2n) is 6.17. The first-order valence-electron chi connectivity index (χ1n) is 8.46. The van der Waals surface area contributed by atoms with Crippen LogP contribution in [0.25, 0.3) is 0 Å². The normalized spacial score (nSPS) is 18.1. The topological polar surface area (TPSA) is 72.9 Å². The molecule has 0 aliphatic carbocycles. The summed E-state index contributed by atoms with van der Waals surface area (Å²) >= 11 is 0. The molecule has 2 heterocycles. The van der Waals surface area contributed by atoms with E-state index < -0.39 is 9.84 Å². The number of rotatable bonds is 4. The number of hydrogen-bond donors (Lipinski definition) is 0. The summed E-state index contributed by atoms with van der Waals surface area (Å²) in [7, 11) is -3.52. The Morgan fingerprint density at radius 3 is 2.38 bits per heavy atom. The van der Waals surface area contributed by atoms with Gasteiger partial charge in [0.25, 0.3) is 0 Å². The molecule has 1 saturated heterocycles. The molecule has 0 unspecified atom stereocenters. The first-order valence-corrected chi connectivity index (χ1v) is 10.1. The highest BCUT2D eigenvalue weighted by Gasteiger charge is 2.22. The number of carbonyl (C=O) groups is 1. The molecule has 1 fully saturated rings. The van der Waals surface area contributed by atoms with Gasteiger partial charge < -0.3 is 14.4 Å². The largest absolute Gasteiger partial charge is 0.486 e. The van der Waals surface area contributed by atoms with Crippen molar-refractivity contribution in [2.24, 2.45) is 0 Å². The Balaban J connectivity index is 1.64. The van der Waals surface area contributed by atoms with E-state index >= 15 is 0 Å². The summed E-state index contributed by atoms with van der Waals surface area (Å²) in [5.41, 5.74) is 0. The van der Waals surface area contributed by atoms with Crippen LogP contribution in [0.1, 0.15) is 32.1 Å². The molecule has 1 amide bonds. The molecular weight excluding hydrogens is 330 g/mol. The van der Waals surface area contributed by atoms with Gasteiger partial charge in [-0.3, -0.25) is 4.79 Å². The summed E-state index contributed by atoms with van der Waals surface area (Å²) in [6.45, 7) is 2.35. The Morgan fingerprint density at radius 2 is 1.67 bits per heavy atom. The number of likely N-dealkylation sites (tertiary alicyclic amines) is 1. The van der Waals surface area contributed by atoms with Crippen molar-refractivity contribution in [3.8, 4) is 11.5 Å². The maximum absolute atomic E-state index is 12.5. The Labute approximate surface area is 142 Å². The molecule has 6 nitrogen and oxygen atoms in total. The third kappa shape index (κ3) is 4.01. The zero-order valence-electron chi connectivity index (χ0n) is 13.7. The van der Waals surface area contributed by atoms with E-state index in [1.165, 1.54) is 12.1 Å². The van der Waals surface area contributed by atoms with E-state index in [9.17, 15) is 13.2 Å². The van der Waals surface area contributed by atoms with Gasteiger partial charge in [-0.2, -0.15) is 0 Å². The summed E-state index contributed by atoms with van der Waals surface area (Å²) in [5.74, 6) is 0.752. The quantitative estimate of drug-likeness (QED) is 0.828. The van der Waals surface area contributed by atoms with E-state index in [-0.39, 0.29) is 23.0 Å². The highest BCUT2D eigenvalue weighted by Crippen LogP contribution is 2.32. The average molecular weight is 353 g/mol. The second kappa shape index (κ2) is 7.42. The lowest BCUT2D eigenvalue weighted by atomic mass is 10.2. The minimum Gasteiger partial charge on any atom is -0.486 e. The molecule has 132 valence electrons. The van der Waals surface area contributed by atoms with Crippen LogP contribution in [0.5, 0.6) is 11.5 Å². The van der Waals surface area contributed by atoms with Crippen LogP contribution in [0.3, 0.4) is 0 Å². The number of carbonyl (C=O) groups excluding carboxylic acids is 1. The smallest absolute Gasteiger partial charge is 0.223 e. The monoisotopic (exact) mass is 353 g/mol. The molecule has 0 radical (unpaired) electrons. The van der Waals surface area contributed by atoms with E-state index in [2.05, 4.69) is 0 Å². The maximum Gasteiger partial charge on any atom is 0.223 e. The first kappa shape index (κ1) is 17.1. The van der Waals surface area contributed by atoms with Gasteiger partial charge in [0.1, 0.15) is 13.2 Å². The fourth-order valence-electron chi connectivity index (χ4n) is 3.03. The number of sulfone groups is 1. The Hall–Kier alpha value is -1.76. The molecule has 24 heavy (non-hydrogen) atoms. The van der Waals surface area contributed by atoms with Gasteiger partial charge in [-0.1, -0.05) is 12.8 Å². The van der Waals surface area contributed by atoms with E-state index in [1.807, 2.05) is 0 Å². The molecule has 0 aromatic heterocycles. The van der Waals surface area contributed by atoms with E-state index in [0.717, 1.165) is 38.8 Å². The molecule has 0 saturated carbocycles. The van der Waals surface area contributed by atoms with Crippen LogP contribution in [0.4, 0.5) is 0 Å². The van der Waals surface area contributed by atoms with Gasteiger partial charge in [0.15, 0.2) is 21.3 Å². The highest BCUT2D eigenvalue weighted by molar-refractivity contribution is 7.91. The van der Waals surface area contributed by atoms with E-state index in [1.54, 1.807) is 11.0 Å². The van der Waals surface area contributed by atoms with Crippen LogP contribution < -0.4 is 9.47 Å². The molecule has 1 aromatic rings. The summed E-state index contributed by atoms with van der Waals surface area (Å²) in [6, 6.07) is 4.61. The predicted octanol–water partition coefficient (Wildman–Crippen LogP) is 2.02. The number of nitrogens with zero attached hydrogens (tertiary/aromatic N) is 1. The van der Waals surface area contributed by atoms with Gasteiger partial charge >= 0.3 is 0 Å².